The van der Waals surface area contributed by atoms with Gasteiger partial charge in [-0.3, -0.25) is 10.4 Å². The summed E-state index contributed by atoms with van der Waals surface area (Å²) in [4.78, 5) is 16.8. The number of aromatic nitrogens is 4. The van der Waals surface area contributed by atoms with Crippen molar-refractivity contribution in [3.05, 3.63) is 59.6 Å². The van der Waals surface area contributed by atoms with Gasteiger partial charge in [-0.05, 0) is 37.3 Å². The minimum absolute atomic E-state index is 0.00989. The fourth-order valence-electron chi connectivity index (χ4n) is 2.10. The molecule has 126 valence electrons. The van der Waals surface area contributed by atoms with Crippen molar-refractivity contribution < 1.29 is 4.74 Å². The normalized spacial score (nSPS) is 10.3. The van der Waals surface area contributed by atoms with Crippen LogP contribution < -0.4 is 5.32 Å². The van der Waals surface area contributed by atoms with E-state index in [9.17, 15) is 0 Å². The highest BCUT2D eigenvalue weighted by Crippen LogP contribution is 2.20. The van der Waals surface area contributed by atoms with Gasteiger partial charge in [0.1, 0.15) is 12.0 Å². The van der Waals surface area contributed by atoms with Crippen molar-refractivity contribution in [3.8, 4) is 11.4 Å². The lowest BCUT2D eigenvalue weighted by atomic mass is 10.2. The molecule has 2 aromatic heterocycles. The SMILES string of the molecule is CCOC(=N)c1cc(-c2ncnc(Nc3cccc(Cl)c3)n2)ccn1. The maximum atomic E-state index is 7.84. The Balaban J connectivity index is 1.86. The number of nitrogens with zero attached hydrogens (tertiary/aromatic N) is 4. The van der Waals surface area contributed by atoms with Gasteiger partial charge >= 0.3 is 0 Å². The van der Waals surface area contributed by atoms with Gasteiger partial charge < -0.3 is 10.1 Å². The second-order valence-electron chi connectivity index (χ2n) is 4.96. The first-order valence-electron chi connectivity index (χ1n) is 7.55. The number of halogens is 1. The third kappa shape index (κ3) is 4.27. The van der Waals surface area contributed by atoms with E-state index in [2.05, 4.69) is 25.3 Å². The zero-order valence-corrected chi connectivity index (χ0v) is 14.2. The molecule has 1 aromatic carbocycles. The van der Waals surface area contributed by atoms with E-state index in [0.29, 0.717) is 34.7 Å². The molecule has 25 heavy (non-hydrogen) atoms. The molecular weight excluding hydrogens is 340 g/mol. The molecule has 0 aliphatic rings. The maximum Gasteiger partial charge on any atom is 0.232 e. The zero-order chi connectivity index (χ0) is 17.6. The van der Waals surface area contributed by atoms with E-state index in [4.69, 9.17) is 21.7 Å². The maximum absolute atomic E-state index is 7.84. The standard InChI is InChI=1S/C17H15ClN6O/c1-2-25-15(19)14-8-11(6-7-20-14)16-21-10-22-17(24-16)23-13-5-3-4-12(18)9-13/h3-10,19H,2H2,1H3,(H,21,22,23,24). The summed E-state index contributed by atoms with van der Waals surface area (Å²) < 4.78 is 5.18. The van der Waals surface area contributed by atoms with Gasteiger partial charge in [0.25, 0.3) is 0 Å². The van der Waals surface area contributed by atoms with Crippen LogP contribution in [-0.2, 0) is 4.74 Å². The number of pyridine rings is 1. The van der Waals surface area contributed by atoms with Gasteiger partial charge in [-0.15, -0.1) is 0 Å². The van der Waals surface area contributed by atoms with Gasteiger partial charge in [0.2, 0.25) is 11.8 Å². The molecule has 0 amide bonds. The summed E-state index contributed by atoms with van der Waals surface area (Å²) in [7, 11) is 0. The molecule has 0 radical (unpaired) electrons. The average Bonchev–Trinajstić information content (AvgIpc) is 2.62. The third-order valence-electron chi connectivity index (χ3n) is 3.19. The Morgan fingerprint density at radius 2 is 2.08 bits per heavy atom. The monoisotopic (exact) mass is 354 g/mol. The third-order valence-corrected chi connectivity index (χ3v) is 3.43. The molecule has 2 heterocycles. The van der Waals surface area contributed by atoms with Crippen molar-refractivity contribution >= 4 is 29.1 Å². The molecule has 7 nitrogen and oxygen atoms in total. The van der Waals surface area contributed by atoms with Crippen molar-refractivity contribution in [2.75, 3.05) is 11.9 Å². The molecule has 0 bridgehead atoms. The van der Waals surface area contributed by atoms with Crippen LogP contribution in [0.15, 0.2) is 48.9 Å². The van der Waals surface area contributed by atoms with Crippen molar-refractivity contribution in [2.24, 2.45) is 0 Å². The number of hydrogen-bond acceptors (Lipinski definition) is 7. The highest BCUT2D eigenvalue weighted by atomic mass is 35.5. The molecule has 0 atom stereocenters. The van der Waals surface area contributed by atoms with Crippen LogP contribution in [0.25, 0.3) is 11.4 Å². The average molecular weight is 355 g/mol. The Morgan fingerprint density at radius 1 is 1.20 bits per heavy atom. The number of ether oxygens (including phenoxy) is 1. The zero-order valence-electron chi connectivity index (χ0n) is 13.4. The van der Waals surface area contributed by atoms with Gasteiger partial charge in [-0.25, -0.2) is 9.97 Å². The predicted octanol–water partition coefficient (Wildman–Crippen LogP) is 3.69. The van der Waals surface area contributed by atoms with Crippen LogP contribution in [0.5, 0.6) is 0 Å². The van der Waals surface area contributed by atoms with Gasteiger partial charge in [-0.1, -0.05) is 17.7 Å². The first-order chi connectivity index (χ1) is 12.2. The fourth-order valence-corrected chi connectivity index (χ4v) is 2.29. The van der Waals surface area contributed by atoms with Crippen LogP contribution in [0.4, 0.5) is 11.6 Å². The summed E-state index contributed by atoms with van der Waals surface area (Å²) in [6, 6.07) is 10.7. The largest absolute Gasteiger partial charge is 0.477 e. The molecule has 0 fully saturated rings. The number of anilines is 2. The first kappa shape index (κ1) is 16.8. The van der Waals surface area contributed by atoms with Crippen molar-refractivity contribution in [1.82, 2.24) is 19.9 Å². The van der Waals surface area contributed by atoms with E-state index in [1.165, 1.54) is 6.33 Å². The van der Waals surface area contributed by atoms with Crippen molar-refractivity contribution in [1.29, 1.82) is 5.41 Å². The molecule has 8 heteroatoms. The number of nitrogens with one attached hydrogen (secondary N) is 2. The lowest BCUT2D eigenvalue weighted by Gasteiger charge is -2.08. The lowest BCUT2D eigenvalue weighted by molar-refractivity contribution is 0.324. The first-order valence-corrected chi connectivity index (χ1v) is 7.93. The summed E-state index contributed by atoms with van der Waals surface area (Å²) >= 11 is 5.98. The van der Waals surface area contributed by atoms with Gasteiger partial charge in [0.15, 0.2) is 5.82 Å². The molecule has 3 aromatic rings. The molecule has 0 saturated heterocycles. The van der Waals surface area contributed by atoms with Crippen LogP contribution in [0, 0.1) is 5.41 Å². The molecule has 0 aliphatic heterocycles. The van der Waals surface area contributed by atoms with Crippen molar-refractivity contribution in [2.45, 2.75) is 6.92 Å². The molecule has 0 unspecified atom stereocenters. The molecule has 2 N–H and O–H groups in total. The van der Waals surface area contributed by atoms with Crippen LogP contribution in [0.3, 0.4) is 0 Å². The minimum Gasteiger partial charge on any atom is -0.477 e. The van der Waals surface area contributed by atoms with E-state index < -0.39 is 0 Å². The lowest BCUT2D eigenvalue weighted by Crippen LogP contribution is -2.07. The predicted molar refractivity (Wildman–Crippen MR) is 96.2 cm³/mol. The van der Waals surface area contributed by atoms with Crippen molar-refractivity contribution in [3.63, 3.8) is 0 Å². The quantitative estimate of drug-likeness (QED) is 0.535. The Labute approximate surface area is 149 Å². The van der Waals surface area contributed by atoms with E-state index >= 15 is 0 Å². The summed E-state index contributed by atoms with van der Waals surface area (Å²) in [5, 5.41) is 11.5. The number of hydrogen-bond donors (Lipinski definition) is 2. The molecule has 0 aliphatic carbocycles. The molecule has 0 spiro atoms. The number of benzene rings is 1. The van der Waals surface area contributed by atoms with E-state index in [-0.39, 0.29) is 5.90 Å². The Morgan fingerprint density at radius 3 is 2.88 bits per heavy atom. The Kier molecular flexibility index (Phi) is 5.15. The smallest absolute Gasteiger partial charge is 0.232 e. The van der Waals surface area contributed by atoms with E-state index in [1.807, 2.05) is 19.1 Å². The summed E-state index contributed by atoms with van der Waals surface area (Å²) in [6.45, 7) is 2.22. The molecule has 3 rings (SSSR count). The van der Waals surface area contributed by atoms with Crippen LogP contribution in [0.2, 0.25) is 5.02 Å². The highest BCUT2D eigenvalue weighted by Gasteiger charge is 2.09. The topological polar surface area (TPSA) is 96.7 Å². The summed E-state index contributed by atoms with van der Waals surface area (Å²) in [5.74, 6) is 0.869. The minimum atomic E-state index is 0.00989. The van der Waals surface area contributed by atoms with Gasteiger partial charge in [0, 0.05) is 22.5 Å². The summed E-state index contributed by atoms with van der Waals surface area (Å²) in [6.07, 6.45) is 3.01. The molecular formula is C17H15ClN6O. The van der Waals surface area contributed by atoms with Crippen LogP contribution in [-0.4, -0.2) is 32.4 Å². The second-order valence-corrected chi connectivity index (χ2v) is 5.40. The van der Waals surface area contributed by atoms with Gasteiger partial charge in [0.05, 0.1) is 6.61 Å². The highest BCUT2D eigenvalue weighted by molar-refractivity contribution is 6.30. The molecule has 0 saturated carbocycles. The number of rotatable bonds is 5. The Hall–Kier alpha value is -3.06. The van der Waals surface area contributed by atoms with Crippen LogP contribution >= 0.6 is 11.6 Å². The summed E-state index contributed by atoms with van der Waals surface area (Å²) in [5.41, 5.74) is 1.91. The van der Waals surface area contributed by atoms with E-state index in [0.717, 1.165) is 5.69 Å². The fraction of sp³-hybridized carbons (Fsp3) is 0.118. The van der Waals surface area contributed by atoms with Gasteiger partial charge in [-0.2, -0.15) is 4.98 Å². The van der Waals surface area contributed by atoms with Crippen LogP contribution in [0.1, 0.15) is 12.6 Å². The second kappa shape index (κ2) is 7.67. The Bertz CT molecular complexity index is 902. The van der Waals surface area contributed by atoms with E-state index in [1.54, 1.807) is 30.5 Å².